The molecule has 0 bridgehead atoms. The van der Waals surface area contributed by atoms with Gasteiger partial charge < -0.3 is 9.53 Å². The van der Waals surface area contributed by atoms with Gasteiger partial charge in [0, 0.05) is 0 Å². The van der Waals surface area contributed by atoms with Gasteiger partial charge in [-0.15, -0.1) is 0 Å². The zero-order valence-corrected chi connectivity index (χ0v) is 10.9. The van der Waals surface area contributed by atoms with Gasteiger partial charge in [-0.2, -0.15) is 0 Å². The quantitative estimate of drug-likeness (QED) is 0.682. The molecular weight excluding hydrogens is 200 g/mol. The van der Waals surface area contributed by atoms with Crippen molar-refractivity contribution in [3.63, 3.8) is 0 Å². The van der Waals surface area contributed by atoms with Gasteiger partial charge in [-0.05, 0) is 29.9 Å². The van der Waals surface area contributed by atoms with E-state index in [1.165, 1.54) is 5.57 Å². The first-order valence-corrected chi connectivity index (χ1v) is 5.89. The van der Waals surface area contributed by atoms with Crippen molar-refractivity contribution in [3.05, 3.63) is 23.5 Å². The standard InChI is InChI=1S/C14H22O2/c1-10(2)12-8-14(9-15,11(3)4)7-6-13(12)16-5/h6-7,9-11H,8H2,1-5H3. The van der Waals surface area contributed by atoms with Crippen molar-refractivity contribution < 1.29 is 9.53 Å². The summed E-state index contributed by atoms with van der Waals surface area (Å²) in [6.45, 7) is 8.47. The third-order valence-electron chi connectivity index (χ3n) is 3.57. The molecule has 0 radical (unpaired) electrons. The smallest absolute Gasteiger partial charge is 0.130 e. The minimum Gasteiger partial charge on any atom is -0.497 e. The van der Waals surface area contributed by atoms with Gasteiger partial charge >= 0.3 is 0 Å². The second kappa shape index (κ2) is 4.86. The van der Waals surface area contributed by atoms with Gasteiger partial charge in [-0.1, -0.05) is 33.8 Å². The van der Waals surface area contributed by atoms with Gasteiger partial charge in [-0.3, -0.25) is 0 Å². The molecule has 2 heteroatoms. The predicted octanol–water partition coefficient (Wildman–Crippen LogP) is 3.34. The number of hydrogen-bond acceptors (Lipinski definition) is 2. The van der Waals surface area contributed by atoms with E-state index in [9.17, 15) is 4.79 Å². The molecule has 0 aliphatic heterocycles. The molecule has 1 atom stereocenters. The van der Waals surface area contributed by atoms with Crippen LogP contribution in [-0.4, -0.2) is 13.4 Å². The lowest BCUT2D eigenvalue weighted by Crippen LogP contribution is -2.30. The van der Waals surface area contributed by atoms with Crippen LogP contribution in [0, 0.1) is 17.3 Å². The first-order chi connectivity index (χ1) is 7.46. The van der Waals surface area contributed by atoms with Crippen LogP contribution in [0.1, 0.15) is 34.1 Å². The number of carbonyl (C=O) groups excluding carboxylic acids is 1. The minimum atomic E-state index is -0.346. The topological polar surface area (TPSA) is 26.3 Å². The fourth-order valence-electron chi connectivity index (χ4n) is 2.12. The van der Waals surface area contributed by atoms with Crippen molar-refractivity contribution in [1.29, 1.82) is 0 Å². The third kappa shape index (κ3) is 2.21. The normalized spacial score (nSPS) is 25.4. The Balaban J connectivity index is 3.10. The average molecular weight is 222 g/mol. The number of aldehydes is 1. The molecule has 0 amide bonds. The molecule has 0 fully saturated rings. The van der Waals surface area contributed by atoms with Crippen LogP contribution in [0.25, 0.3) is 0 Å². The lowest BCUT2D eigenvalue weighted by atomic mass is 9.69. The summed E-state index contributed by atoms with van der Waals surface area (Å²) in [5, 5.41) is 0. The highest BCUT2D eigenvalue weighted by molar-refractivity contribution is 5.65. The van der Waals surface area contributed by atoms with Gasteiger partial charge in [0.1, 0.15) is 12.0 Å². The Morgan fingerprint density at radius 1 is 1.38 bits per heavy atom. The Bertz CT molecular complexity index is 324. The van der Waals surface area contributed by atoms with Crippen LogP contribution >= 0.6 is 0 Å². The molecule has 0 heterocycles. The second-order valence-corrected chi connectivity index (χ2v) is 5.14. The predicted molar refractivity (Wildman–Crippen MR) is 66.0 cm³/mol. The molecule has 0 saturated carbocycles. The maximum Gasteiger partial charge on any atom is 0.130 e. The van der Waals surface area contributed by atoms with Crippen molar-refractivity contribution >= 4 is 6.29 Å². The van der Waals surface area contributed by atoms with Crippen molar-refractivity contribution in [2.75, 3.05) is 7.11 Å². The summed E-state index contributed by atoms with van der Waals surface area (Å²) in [6, 6.07) is 0. The summed E-state index contributed by atoms with van der Waals surface area (Å²) in [7, 11) is 1.69. The SMILES string of the molecule is COC1=C(C(C)C)CC(C=O)(C(C)C)C=C1. The maximum absolute atomic E-state index is 11.4. The first-order valence-electron chi connectivity index (χ1n) is 5.89. The summed E-state index contributed by atoms with van der Waals surface area (Å²) in [6.07, 6.45) is 5.82. The van der Waals surface area contributed by atoms with E-state index in [0.717, 1.165) is 18.5 Å². The highest BCUT2D eigenvalue weighted by Gasteiger charge is 2.35. The number of allylic oxidation sites excluding steroid dienone is 3. The van der Waals surface area contributed by atoms with Crippen LogP contribution < -0.4 is 0 Å². The zero-order chi connectivity index (χ0) is 12.3. The molecule has 0 N–H and O–H groups in total. The van der Waals surface area contributed by atoms with E-state index in [0.29, 0.717) is 11.8 Å². The molecule has 0 saturated heterocycles. The van der Waals surface area contributed by atoms with Gasteiger partial charge in [0.25, 0.3) is 0 Å². The van der Waals surface area contributed by atoms with Crippen molar-refractivity contribution in [2.45, 2.75) is 34.1 Å². The molecule has 16 heavy (non-hydrogen) atoms. The van der Waals surface area contributed by atoms with E-state index in [-0.39, 0.29) is 5.41 Å². The van der Waals surface area contributed by atoms with Crippen LogP contribution in [0.5, 0.6) is 0 Å². The maximum atomic E-state index is 11.4. The van der Waals surface area contributed by atoms with Crippen LogP contribution in [-0.2, 0) is 9.53 Å². The van der Waals surface area contributed by atoms with Crippen LogP contribution in [0.2, 0.25) is 0 Å². The van der Waals surface area contributed by atoms with E-state index in [1.54, 1.807) is 7.11 Å². The van der Waals surface area contributed by atoms with Gasteiger partial charge in [0.05, 0.1) is 12.5 Å². The van der Waals surface area contributed by atoms with Crippen LogP contribution in [0.4, 0.5) is 0 Å². The molecule has 1 unspecified atom stereocenters. The van der Waals surface area contributed by atoms with E-state index in [2.05, 4.69) is 27.7 Å². The molecular formula is C14H22O2. The number of ether oxygens (including phenoxy) is 1. The molecule has 0 aromatic heterocycles. The van der Waals surface area contributed by atoms with Crippen LogP contribution in [0.15, 0.2) is 23.5 Å². The summed E-state index contributed by atoms with van der Waals surface area (Å²) < 4.78 is 5.36. The third-order valence-corrected chi connectivity index (χ3v) is 3.57. The van der Waals surface area contributed by atoms with Crippen molar-refractivity contribution in [2.24, 2.45) is 17.3 Å². The number of carbonyl (C=O) groups is 1. The Kier molecular flexibility index (Phi) is 3.95. The summed E-state index contributed by atoms with van der Waals surface area (Å²) in [5.41, 5.74) is 0.896. The highest BCUT2D eigenvalue weighted by atomic mass is 16.5. The molecule has 1 aliphatic rings. The fourth-order valence-corrected chi connectivity index (χ4v) is 2.12. The Morgan fingerprint density at radius 3 is 2.38 bits per heavy atom. The Labute approximate surface area is 98.4 Å². The summed E-state index contributed by atoms with van der Waals surface area (Å²) >= 11 is 0. The number of hydrogen-bond donors (Lipinski definition) is 0. The van der Waals surface area contributed by atoms with E-state index in [1.807, 2.05) is 12.2 Å². The minimum absolute atomic E-state index is 0.313. The Morgan fingerprint density at radius 2 is 2.00 bits per heavy atom. The second-order valence-electron chi connectivity index (χ2n) is 5.14. The monoisotopic (exact) mass is 222 g/mol. The van der Waals surface area contributed by atoms with Gasteiger partial charge in [0.2, 0.25) is 0 Å². The first kappa shape index (κ1) is 13.0. The fraction of sp³-hybridized carbons (Fsp3) is 0.643. The van der Waals surface area contributed by atoms with Gasteiger partial charge in [-0.25, -0.2) is 0 Å². The zero-order valence-electron chi connectivity index (χ0n) is 10.9. The highest BCUT2D eigenvalue weighted by Crippen LogP contribution is 2.41. The lowest BCUT2D eigenvalue weighted by Gasteiger charge is -2.34. The summed E-state index contributed by atoms with van der Waals surface area (Å²) in [5.74, 6) is 1.65. The van der Waals surface area contributed by atoms with E-state index >= 15 is 0 Å². The van der Waals surface area contributed by atoms with Crippen LogP contribution in [0.3, 0.4) is 0 Å². The number of rotatable bonds is 4. The van der Waals surface area contributed by atoms with Gasteiger partial charge in [0.15, 0.2) is 0 Å². The molecule has 2 nitrogen and oxygen atoms in total. The largest absolute Gasteiger partial charge is 0.497 e. The van der Waals surface area contributed by atoms with Crippen molar-refractivity contribution in [3.8, 4) is 0 Å². The molecule has 90 valence electrons. The summed E-state index contributed by atoms with van der Waals surface area (Å²) in [4.78, 5) is 11.4. The molecule has 0 spiro atoms. The lowest BCUT2D eigenvalue weighted by molar-refractivity contribution is -0.115. The van der Waals surface area contributed by atoms with E-state index in [4.69, 9.17) is 4.74 Å². The Hall–Kier alpha value is -1.05. The van der Waals surface area contributed by atoms with E-state index < -0.39 is 0 Å². The molecule has 0 aromatic carbocycles. The number of methoxy groups -OCH3 is 1. The molecule has 1 aliphatic carbocycles. The molecule has 0 aromatic rings. The average Bonchev–Trinajstić information content (AvgIpc) is 2.27. The van der Waals surface area contributed by atoms with Crippen molar-refractivity contribution in [1.82, 2.24) is 0 Å². The molecule has 1 rings (SSSR count).